The predicted octanol–water partition coefficient (Wildman–Crippen LogP) is 2.55. The van der Waals surface area contributed by atoms with Crippen molar-refractivity contribution in [2.24, 2.45) is 0 Å². The molecule has 1 fully saturated rings. The number of H-pyrrole nitrogens is 1. The highest BCUT2D eigenvalue weighted by atomic mass is 32.3. The van der Waals surface area contributed by atoms with Crippen molar-refractivity contribution in [2.75, 3.05) is 24.0 Å². The number of allylic oxidation sites excluding steroid dienone is 1. The number of hydrogen-bond donors (Lipinski definition) is 4. The van der Waals surface area contributed by atoms with Gasteiger partial charge in [-0.05, 0) is 25.0 Å². The number of alkyl halides is 4. The smallest absolute Gasteiger partial charge is 0.279 e. The first-order valence-corrected chi connectivity index (χ1v) is 12.4. The Balaban J connectivity index is 1.85. The molecule has 13 heteroatoms. The minimum Gasteiger partial charge on any atom is -0.346 e. The van der Waals surface area contributed by atoms with Crippen LogP contribution in [0.4, 0.5) is 23.4 Å². The van der Waals surface area contributed by atoms with Gasteiger partial charge >= 0.3 is 0 Å². The lowest BCUT2D eigenvalue weighted by molar-refractivity contribution is 0.0872. The molecule has 0 radical (unpaired) electrons. The lowest BCUT2D eigenvalue weighted by atomic mass is 9.97. The van der Waals surface area contributed by atoms with Gasteiger partial charge in [0.05, 0.1) is 23.3 Å². The molecule has 0 amide bonds. The Kier molecular flexibility index (Phi) is 7.39. The molecule has 0 aromatic carbocycles. The summed E-state index contributed by atoms with van der Waals surface area (Å²) >= 11 is 0. The Hall–Kier alpha value is -2.67. The summed E-state index contributed by atoms with van der Waals surface area (Å²) < 4.78 is 67.9. The Morgan fingerprint density at radius 2 is 2.06 bits per heavy atom. The van der Waals surface area contributed by atoms with Crippen LogP contribution in [-0.2, 0) is 10.1 Å². The third kappa shape index (κ3) is 5.97. The highest BCUT2D eigenvalue weighted by Crippen LogP contribution is 2.29. The number of aromatic nitrogens is 4. The van der Waals surface area contributed by atoms with E-state index >= 15 is 0 Å². The molecule has 2 unspecified atom stereocenters. The van der Waals surface area contributed by atoms with Crippen LogP contribution in [0.2, 0.25) is 0 Å². The molecule has 0 spiro atoms. The normalized spacial score (nSPS) is 20.4. The number of nitrogens with zero attached hydrogens (tertiary/aromatic N) is 4. The van der Waals surface area contributed by atoms with Crippen molar-refractivity contribution in [2.45, 2.75) is 37.8 Å². The number of anilines is 1. The largest absolute Gasteiger partial charge is 0.346 e. The average molecular weight is 476 g/mol. The van der Waals surface area contributed by atoms with E-state index in [2.05, 4.69) is 24.7 Å². The third-order valence-corrected chi connectivity index (χ3v) is 5.85. The summed E-state index contributed by atoms with van der Waals surface area (Å²) in [6, 6.07) is -0.324. The average Bonchev–Trinajstić information content (AvgIpc) is 3.19. The van der Waals surface area contributed by atoms with Crippen LogP contribution in [0.5, 0.6) is 0 Å². The molecule has 8 nitrogen and oxygen atoms in total. The van der Waals surface area contributed by atoms with Gasteiger partial charge in [0.15, 0.2) is 0 Å². The van der Waals surface area contributed by atoms with Crippen molar-refractivity contribution in [3.63, 3.8) is 0 Å². The van der Waals surface area contributed by atoms with E-state index in [-0.39, 0.29) is 5.82 Å². The summed E-state index contributed by atoms with van der Waals surface area (Å²) in [7, 11) is -2.73. The molecule has 0 bridgehead atoms. The van der Waals surface area contributed by atoms with Crippen LogP contribution < -0.4 is 9.62 Å². The summed E-state index contributed by atoms with van der Waals surface area (Å²) in [5, 5.41) is 7.14. The van der Waals surface area contributed by atoms with Crippen molar-refractivity contribution in [3.05, 3.63) is 30.5 Å². The molecule has 3 rings (SSSR count). The fourth-order valence-corrected chi connectivity index (χ4v) is 4.66. The number of aromatic amines is 1. The molecule has 0 aliphatic carbocycles. The van der Waals surface area contributed by atoms with Crippen molar-refractivity contribution >= 4 is 27.7 Å². The Morgan fingerprint density at radius 3 is 2.72 bits per heavy atom. The van der Waals surface area contributed by atoms with Crippen molar-refractivity contribution in [3.8, 4) is 11.4 Å². The van der Waals surface area contributed by atoms with Gasteiger partial charge in [0.25, 0.3) is 12.9 Å². The van der Waals surface area contributed by atoms with Crippen LogP contribution in [0.25, 0.3) is 17.5 Å². The third-order valence-electron chi connectivity index (χ3n) is 4.90. The Labute approximate surface area is 183 Å². The molecular weight excluding hydrogens is 450 g/mol. The Bertz CT molecular complexity index is 1020. The van der Waals surface area contributed by atoms with E-state index < -0.39 is 40.8 Å². The van der Waals surface area contributed by atoms with Gasteiger partial charge in [-0.15, -0.1) is 0 Å². The van der Waals surface area contributed by atoms with E-state index in [1.165, 1.54) is 42.1 Å². The first-order valence-electron chi connectivity index (χ1n) is 9.85. The monoisotopic (exact) mass is 475 g/mol. The van der Waals surface area contributed by atoms with Gasteiger partial charge in [0, 0.05) is 31.2 Å². The zero-order valence-electron chi connectivity index (χ0n) is 17.5. The summed E-state index contributed by atoms with van der Waals surface area (Å²) in [6.07, 6.45) is 3.37. The zero-order valence-corrected chi connectivity index (χ0v) is 18.4. The van der Waals surface area contributed by atoms with Crippen LogP contribution in [0.1, 0.15) is 18.7 Å². The maximum atomic E-state index is 14.0. The quantitative estimate of drug-likeness (QED) is 0.267. The van der Waals surface area contributed by atoms with Crippen LogP contribution >= 0.6 is 0 Å². The van der Waals surface area contributed by atoms with E-state index in [9.17, 15) is 21.8 Å². The van der Waals surface area contributed by atoms with E-state index in [0.717, 1.165) is 6.08 Å². The van der Waals surface area contributed by atoms with Gasteiger partial charge in [-0.1, -0.05) is 10.1 Å². The van der Waals surface area contributed by atoms with Gasteiger partial charge in [0.2, 0.25) is 0 Å². The molecule has 1 aliphatic rings. The molecule has 3 heterocycles. The number of piperidine rings is 1. The zero-order chi connectivity index (χ0) is 23.5. The second-order valence-electron chi connectivity index (χ2n) is 7.78. The second kappa shape index (κ2) is 9.86. The number of hydrogen-bond acceptors (Lipinski definition) is 6. The lowest BCUT2D eigenvalue weighted by Gasteiger charge is -2.43. The topological polar surface area (TPSA) is 111 Å². The molecule has 2 aromatic rings. The van der Waals surface area contributed by atoms with Crippen LogP contribution in [0.3, 0.4) is 0 Å². The predicted molar refractivity (Wildman–Crippen MR) is 117 cm³/mol. The number of imidazole rings is 1. The van der Waals surface area contributed by atoms with Gasteiger partial charge in [-0.3, -0.25) is 14.3 Å². The van der Waals surface area contributed by atoms with Crippen molar-refractivity contribution in [1.82, 2.24) is 24.7 Å². The minimum absolute atomic E-state index is 0.236. The van der Waals surface area contributed by atoms with Crippen molar-refractivity contribution < 1.29 is 21.8 Å². The first-order chi connectivity index (χ1) is 15.0. The number of halogens is 4. The molecule has 3 N–H and O–H groups in total. The molecule has 0 saturated carbocycles. The lowest BCUT2D eigenvalue weighted by Crippen LogP contribution is -2.59. The van der Waals surface area contributed by atoms with Gasteiger partial charge in [0.1, 0.15) is 24.0 Å². The standard InChI is InChI=1S/C19H25F4N7OS/c1-32(2,31)29-12-4-3-7-30(17(12)19(22)23)16-8-13(26-10-27-16)14-9-25-15(28-14)6-5-11(24)18(20)21/h5-6,8-10,12,17-19,24,32H,3-4,7H2,1-2H3,(H,25,28)(H,29,31)/b6-5-,24-11?. The summed E-state index contributed by atoms with van der Waals surface area (Å²) in [6.45, 7) is 0.355. The van der Waals surface area contributed by atoms with Gasteiger partial charge in [-0.25, -0.2) is 32.5 Å². The molecule has 2 aromatic heterocycles. The number of thiol groups is 1. The molecule has 176 valence electrons. The minimum atomic E-state index is -2.88. The maximum absolute atomic E-state index is 14.0. The van der Waals surface area contributed by atoms with E-state index in [1.54, 1.807) is 0 Å². The molecule has 1 saturated heterocycles. The highest BCUT2D eigenvalue weighted by molar-refractivity contribution is 7.99. The number of rotatable bonds is 8. The highest BCUT2D eigenvalue weighted by Gasteiger charge is 2.39. The SMILES string of the molecule is C[SH](C)(=O)NC1CCCN(c2cc(-c3cnc(/C=C\C(=N)C(F)F)[nH]3)ncn2)C1C(F)F. The van der Waals surface area contributed by atoms with Crippen LogP contribution in [0.15, 0.2) is 24.7 Å². The van der Waals surface area contributed by atoms with Crippen LogP contribution in [0, 0.1) is 5.41 Å². The fraction of sp³-hybridized carbons (Fsp3) is 0.474. The van der Waals surface area contributed by atoms with Crippen LogP contribution in [-0.4, -0.2) is 73.8 Å². The molecule has 32 heavy (non-hydrogen) atoms. The first kappa shape index (κ1) is 24.0. The van der Waals surface area contributed by atoms with Crippen molar-refractivity contribution in [1.29, 1.82) is 5.41 Å². The molecular formula is C19H25F4N7OS. The fourth-order valence-electron chi connectivity index (χ4n) is 3.58. The maximum Gasteiger partial charge on any atom is 0.279 e. The number of nitrogens with one attached hydrogen (secondary N) is 3. The van der Waals surface area contributed by atoms with Gasteiger partial charge in [-0.2, -0.15) is 0 Å². The second-order valence-corrected chi connectivity index (χ2v) is 10.7. The van der Waals surface area contributed by atoms with E-state index in [1.807, 2.05) is 0 Å². The summed E-state index contributed by atoms with van der Waals surface area (Å²) in [5.74, 6) is 0.528. The Morgan fingerprint density at radius 1 is 1.31 bits per heavy atom. The van der Waals surface area contributed by atoms with E-state index in [4.69, 9.17) is 5.41 Å². The van der Waals surface area contributed by atoms with Gasteiger partial charge < -0.3 is 9.88 Å². The molecule has 1 aliphatic heterocycles. The molecule has 2 atom stereocenters. The summed E-state index contributed by atoms with van der Waals surface area (Å²) in [4.78, 5) is 16.7. The van der Waals surface area contributed by atoms with E-state index in [0.29, 0.717) is 36.6 Å². The summed E-state index contributed by atoms with van der Waals surface area (Å²) in [5.41, 5.74) is -0.0307.